The van der Waals surface area contributed by atoms with E-state index in [-0.39, 0.29) is 0 Å². The highest BCUT2D eigenvalue weighted by molar-refractivity contribution is 7.86. The van der Waals surface area contributed by atoms with Crippen molar-refractivity contribution in [3.63, 3.8) is 0 Å². The molecule has 0 spiro atoms. The maximum Gasteiger partial charge on any atom is 0.281 e. The third-order valence-corrected chi connectivity index (χ3v) is 6.58. The predicted octanol–water partition coefficient (Wildman–Crippen LogP) is 0.760. The molecule has 0 unspecified atom stereocenters. The molecule has 0 saturated carbocycles. The SMILES string of the molecule is CCN(CC)S(=O)(=O)N1CCCN(C[C@H]2CCCO2)CC1. The lowest BCUT2D eigenvalue weighted by Crippen LogP contribution is -2.45. The Hall–Kier alpha value is -0.210. The molecular formula is C14H29N3O3S. The quantitative estimate of drug-likeness (QED) is 0.725. The van der Waals surface area contributed by atoms with E-state index in [1.165, 1.54) is 0 Å². The largest absolute Gasteiger partial charge is 0.377 e. The maximum atomic E-state index is 12.6. The van der Waals surface area contributed by atoms with Gasteiger partial charge in [-0.2, -0.15) is 17.0 Å². The summed E-state index contributed by atoms with van der Waals surface area (Å²) in [7, 11) is -3.29. The smallest absolute Gasteiger partial charge is 0.281 e. The minimum Gasteiger partial charge on any atom is -0.377 e. The summed E-state index contributed by atoms with van der Waals surface area (Å²) in [6.07, 6.45) is 3.53. The van der Waals surface area contributed by atoms with Gasteiger partial charge in [-0.25, -0.2) is 0 Å². The Morgan fingerprint density at radius 2 is 1.86 bits per heavy atom. The van der Waals surface area contributed by atoms with Gasteiger partial charge < -0.3 is 4.74 Å². The lowest BCUT2D eigenvalue weighted by atomic mass is 10.2. The fraction of sp³-hybridized carbons (Fsp3) is 1.00. The van der Waals surface area contributed by atoms with Crippen LogP contribution in [0.5, 0.6) is 0 Å². The van der Waals surface area contributed by atoms with Gasteiger partial charge in [-0.15, -0.1) is 0 Å². The Balaban J connectivity index is 1.90. The fourth-order valence-corrected chi connectivity index (χ4v) is 4.80. The number of hydrogen-bond donors (Lipinski definition) is 0. The van der Waals surface area contributed by atoms with Crippen molar-refractivity contribution in [1.29, 1.82) is 0 Å². The molecular weight excluding hydrogens is 290 g/mol. The fourth-order valence-electron chi connectivity index (χ4n) is 3.15. The summed E-state index contributed by atoms with van der Waals surface area (Å²) in [5, 5.41) is 0. The Bertz CT molecular complexity index is 406. The molecule has 0 aromatic heterocycles. The molecule has 0 N–H and O–H groups in total. The second kappa shape index (κ2) is 7.87. The van der Waals surface area contributed by atoms with Crippen LogP contribution in [-0.2, 0) is 14.9 Å². The van der Waals surface area contributed by atoms with Crippen molar-refractivity contribution in [2.75, 3.05) is 52.4 Å². The van der Waals surface area contributed by atoms with Crippen LogP contribution >= 0.6 is 0 Å². The molecule has 0 aliphatic carbocycles. The highest BCUT2D eigenvalue weighted by Crippen LogP contribution is 2.16. The zero-order chi connectivity index (χ0) is 15.3. The van der Waals surface area contributed by atoms with Gasteiger partial charge in [0.1, 0.15) is 0 Å². The molecule has 2 saturated heterocycles. The van der Waals surface area contributed by atoms with Gasteiger partial charge in [0, 0.05) is 45.9 Å². The number of nitrogens with zero attached hydrogens (tertiary/aromatic N) is 3. The zero-order valence-corrected chi connectivity index (χ0v) is 14.1. The third-order valence-electron chi connectivity index (χ3n) is 4.39. The van der Waals surface area contributed by atoms with Gasteiger partial charge in [-0.05, 0) is 25.8 Å². The molecule has 0 amide bonds. The van der Waals surface area contributed by atoms with Crippen LogP contribution in [0.15, 0.2) is 0 Å². The van der Waals surface area contributed by atoms with Crippen molar-refractivity contribution >= 4 is 10.2 Å². The summed E-state index contributed by atoms with van der Waals surface area (Å²) in [6, 6.07) is 0. The van der Waals surface area contributed by atoms with Crippen molar-refractivity contribution in [2.45, 2.75) is 39.2 Å². The van der Waals surface area contributed by atoms with Crippen molar-refractivity contribution < 1.29 is 13.2 Å². The van der Waals surface area contributed by atoms with E-state index in [9.17, 15) is 8.42 Å². The van der Waals surface area contributed by atoms with Gasteiger partial charge >= 0.3 is 0 Å². The maximum absolute atomic E-state index is 12.6. The Morgan fingerprint density at radius 1 is 1.10 bits per heavy atom. The van der Waals surface area contributed by atoms with Gasteiger partial charge in [0.05, 0.1) is 6.10 Å². The van der Waals surface area contributed by atoms with Crippen LogP contribution in [0.25, 0.3) is 0 Å². The van der Waals surface area contributed by atoms with E-state index >= 15 is 0 Å². The first-order chi connectivity index (χ1) is 10.1. The van der Waals surface area contributed by atoms with Crippen molar-refractivity contribution in [1.82, 2.24) is 13.5 Å². The predicted molar refractivity (Wildman–Crippen MR) is 83.4 cm³/mol. The summed E-state index contributed by atoms with van der Waals surface area (Å²) < 4.78 is 34.0. The van der Waals surface area contributed by atoms with E-state index in [0.29, 0.717) is 32.3 Å². The summed E-state index contributed by atoms with van der Waals surface area (Å²) in [5.74, 6) is 0. The summed E-state index contributed by atoms with van der Waals surface area (Å²) in [4.78, 5) is 2.35. The van der Waals surface area contributed by atoms with Gasteiger partial charge in [-0.1, -0.05) is 13.8 Å². The Kier molecular flexibility index (Phi) is 6.43. The zero-order valence-electron chi connectivity index (χ0n) is 13.3. The van der Waals surface area contributed by atoms with E-state index in [1.54, 1.807) is 8.61 Å². The van der Waals surface area contributed by atoms with Crippen LogP contribution in [-0.4, -0.2) is 80.5 Å². The normalized spacial score (nSPS) is 26.3. The Morgan fingerprint density at radius 3 is 2.48 bits per heavy atom. The summed E-state index contributed by atoms with van der Waals surface area (Å²) in [6.45, 7) is 9.66. The first-order valence-electron chi connectivity index (χ1n) is 8.17. The molecule has 0 aromatic carbocycles. The molecule has 0 bridgehead atoms. The van der Waals surface area contributed by atoms with Crippen LogP contribution in [0.3, 0.4) is 0 Å². The molecule has 0 aromatic rings. The first-order valence-corrected chi connectivity index (χ1v) is 9.56. The van der Waals surface area contributed by atoms with Crippen LogP contribution < -0.4 is 0 Å². The van der Waals surface area contributed by atoms with Crippen LogP contribution in [0.1, 0.15) is 33.1 Å². The highest BCUT2D eigenvalue weighted by Gasteiger charge is 2.30. The molecule has 2 heterocycles. The van der Waals surface area contributed by atoms with Crippen LogP contribution in [0.4, 0.5) is 0 Å². The second-order valence-corrected chi connectivity index (χ2v) is 7.71. The number of ether oxygens (including phenoxy) is 1. The highest BCUT2D eigenvalue weighted by atomic mass is 32.2. The van der Waals surface area contributed by atoms with E-state index in [2.05, 4.69) is 4.90 Å². The van der Waals surface area contributed by atoms with Gasteiger partial charge in [0.15, 0.2) is 0 Å². The van der Waals surface area contributed by atoms with E-state index < -0.39 is 10.2 Å². The first kappa shape index (κ1) is 17.1. The molecule has 124 valence electrons. The third kappa shape index (κ3) is 4.39. The monoisotopic (exact) mass is 319 g/mol. The van der Waals surface area contributed by atoms with Crippen LogP contribution in [0, 0.1) is 0 Å². The van der Waals surface area contributed by atoms with Crippen molar-refractivity contribution in [3.8, 4) is 0 Å². The lowest BCUT2D eigenvalue weighted by molar-refractivity contribution is 0.0749. The lowest BCUT2D eigenvalue weighted by Gasteiger charge is -2.28. The minimum absolute atomic E-state index is 0.343. The Labute approximate surface area is 129 Å². The topological polar surface area (TPSA) is 53.1 Å². The minimum atomic E-state index is -3.29. The average molecular weight is 319 g/mol. The van der Waals surface area contributed by atoms with Gasteiger partial charge in [0.2, 0.25) is 0 Å². The van der Waals surface area contributed by atoms with Gasteiger partial charge in [-0.3, -0.25) is 4.90 Å². The molecule has 0 radical (unpaired) electrons. The summed E-state index contributed by atoms with van der Waals surface area (Å²) in [5.41, 5.74) is 0. The molecule has 2 rings (SSSR count). The average Bonchev–Trinajstić information content (AvgIpc) is 2.84. The van der Waals surface area contributed by atoms with Gasteiger partial charge in [0.25, 0.3) is 10.2 Å². The van der Waals surface area contributed by atoms with Crippen molar-refractivity contribution in [2.24, 2.45) is 0 Å². The molecule has 2 aliphatic heterocycles. The standard InChI is InChI=1S/C14H29N3O3S/c1-3-16(4-2)21(18,19)17-9-6-8-15(10-11-17)13-14-7-5-12-20-14/h14H,3-13H2,1-2H3/t14-/m1/s1. The molecule has 6 nitrogen and oxygen atoms in total. The second-order valence-electron chi connectivity index (χ2n) is 5.78. The van der Waals surface area contributed by atoms with E-state index in [1.807, 2.05) is 13.8 Å². The number of rotatable bonds is 6. The molecule has 1 atom stereocenters. The van der Waals surface area contributed by atoms with Crippen LogP contribution in [0.2, 0.25) is 0 Å². The van der Waals surface area contributed by atoms with E-state index in [4.69, 9.17) is 4.74 Å². The molecule has 7 heteroatoms. The van der Waals surface area contributed by atoms with Crippen molar-refractivity contribution in [3.05, 3.63) is 0 Å². The van der Waals surface area contributed by atoms with E-state index in [0.717, 1.165) is 45.5 Å². The molecule has 2 fully saturated rings. The molecule has 21 heavy (non-hydrogen) atoms. The number of hydrogen-bond acceptors (Lipinski definition) is 4. The molecule has 2 aliphatic rings. The summed E-state index contributed by atoms with van der Waals surface area (Å²) >= 11 is 0.